The maximum Gasteiger partial charge on any atom is 0.0557 e. The molecule has 4 rings (SSSR count). The zero-order valence-corrected chi connectivity index (χ0v) is 26.4. The van der Waals surface area contributed by atoms with Crippen LogP contribution in [0.15, 0.2) is 59.5 Å². The first kappa shape index (κ1) is 29.3. The van der Waals surface area contributed by atoms with Crippen molar-refractivity contribution >= 4 is 0 Å². The van der Waals surface area contributed by atoms with Gasteiger partial charge in [0.15, 0.2) is 0 Å². The summed E-state index contributed by atoms with van der Waals surface area (Å²) in [4.78, 5) is 5.26. The standard InChI is InChI=1S/C36H58N2/c1-25-17-28(4)34(29(5)18-25)37-15-12-31(23-37)21-33-26(2)19-30(20-27(33)3)11-14-36(9,10)38-16-13-32(24-38)22-35(6,7)8/h12-13,15-19,27-28,30-34H,11,14,20-24H2,1-10H3. The molecule has 2 heterocycles. The number of nitrogens with zero attached hydrogens (tertiary/aromatic N) is 2. The SMILES string of the molecule is CC1=CC(C)C(N2C=CC(CC3C(C)=CC(CCC(C)(C)N4C=CC(CC(C)(C)C)C4)CC3C)C2)C(C)=C1. The Morgan fingerprint density at radius 1 is 0.842 bits per heavy atom. The van der Waals surface area contributed by atoms with E-state index in [1.54, 1.807) is 5.57 Å². The van der Waals surface area contributed by atoms with Gasteiger partial charge in [0, 0.05) is 18.6 Å². The van der Waals surface area contributed by atoms with Crippen molar-refractivity contribution < 1.29 is 0 Å². The van der Waals surface area contributed by atoms with Crippen LogP contribution in [0.2, 0.25) is 0 Å². The van der Waals surface area contributed by atoms with E-state index in [2.05, 4.69) is 122 Å². The summed E-state index contributed by atoms with van der Waals surface area (Å²) >= 11 is 0. The summed E-state index contributed by atoms with van der Waals surface area (Å²) in [5, 5.41) is 0. The van der Waals surface area contributed by atoms with Crippen molar-refractivity contribution in [3.8, 4) is 0 Å². The average Bonchev–Trinajstić information content (AvgIpc) is 3.43. The summed E-state index contributed by atoms with van der Waals surface area (Å²) in [5.74, 6) is 4.21. The van der Waals surface area contributed by atoms with Gasteiger partial charge >= 0.3 is 0 Å². The molecular weight excluding hydrogens is 460 g/mol. The van der Waals surface area contributed by atoms with E-state index in [4.69, 9.17) is 0 Å². The summed E-state index contributed by atoms with van der Waals surface area (Å²) in [6, 6.07) is 0.530. The summed E-state index contributed by atoms with van der Waals surface area (Å²) in [6.07, 6.45) is 23.8. The molecule has 0 spiro atoms. The van der Waals surface area contributed by atoms with Crippen LogP contribution < -0.4 is 0 Å². The lowest BCUT2D eigenvalue weighted by molar-refractivity contribution is 0.150. The van der Waals surface area contributed by atoms with E-state index in [-0.39, 0.29) is 5.54 Å². The average molecular weight is 519 g/mol. The van der Waals surface area contributed by atoms with Crippen molar-refractivity contribution in [3.63, 3.8) is 0 Å². The molecule has 0 aromatic rings. The highest BCUT2D eigenvalue weighted by atomic mass is 15.2. The molecule has 0 aromatic carbocycles. The van der Waals surface area contributed by atoms with Crippen LogP contribution in [0.4, 0.5) is 0 Å². The molecule has 2 heteroatoms. The van der Waals surface area contributed by atoms with Crippen LogP contribution in [0.25, 0.3) is 0 Å². The fraction of sp³-hybridized carbons (Fsp3) is 0.722. The van der Waals surface area contributed by atoms with E-state index in [0.717, 1.165) is 17.8 Å². The van der Waals surface area contributed by atoms with Crippen LogP contribution in [-0.4, -0.2) is 34.5 Å². The van der Waals surface area contributed by atoms with Gasteiger partial charge in [-0.3, -0.25) is 0 Å². The molecule has 2 nitrogen and oxygen atoms in total. The van der Waals surface area contributed by atoms with E-state index in [1.807, 2.05) is 0 Å². The van der Waals surface area contributed by atoms with Crippen LogP contribution in [0.1, 0.15) is 101 Å². The Labute approximate surface area is 236 Å². The second-order valence-corrected chi connectivity index (χ2v) is 15.5. The minimum atomic E-state index is 0.236. The Balaban J connectivity index is 1.28. The summed E-state index contributed by atoms with van der Waals surface area (Å²) in [5.41, 5.74) is 5.23. The minimum absolute atomic E-state index is 0.236. The van der Waals surface area contributed by atoms with Gasteiger partial charge in [-0.05, 0) is 120 Å². The molecule has 38 heavy (non-hydrogen) atoms. The van der Waals surface area contributed by atoms with Gasteiger partial charge in [-0.1, -0.05) is 81.7 Å². The van der Waals surface area contributed by atoms with Gasteiger partial charge in [0.25, 0.3) is 0 Å². The van der Waals surface area contributed by atoms with Gasteiger partial charge in [-0.15, -0.1) is 0 Å². The third-order valence-corrected chi connectivity index (χ3v) is 10.0. The molecule has 4 aliphatic rings. The quantitative estimate of drug-likeness (QED) is 0.295. The molecule has 7 atom stereocenters. The van der Waals surface area contributed by atoms with E-state index in [1.165, 1.54) is 56.3 Å². The van der Waals surface area contributed by atoms with Crippen LogP contribution >= 0.6 is 0 Å². The van der Waals surface area contributed by atoms with Gasteiger partial charge in [0.05, 0.1) is 6.04 Å². The second kappa shape index (κ2) is 11.4. The van der Waals surface area contributed by atoms with Crippen molar-refractivity contribution in [1.29, 1.82) is 0 Å². The minimum Gasteiger partial charge on any atom is -0.372 e. The van der Waals surface area contributed by atoms with Crippen LogP contribution in [-0.2, 0) is 0 Å². The van der Waals surface area contributed by atoms with Crippen molar-refractivity contribution in [2.75, 3.05) is 13.1 Å². The number of hydrogen-bond donors (Lipinski definition) is 0. The topological polar surface area (TPSA) is 6.48 Å². The third kappa shape index (κ3) is 7.08. The first-order valence-corrected chi connectivity index (χ1v) is 15.7. The normalized spacial score (nSPS) is 34.1. The summed E-state index contributed by atoms with van der Waals surface area (Å²) < 4.78 is 0. The zero-order chi connectivity index (χ0) is 27.8. The summed E-state index contributed by atoms with van der Waals surface area (Å²) in [6.45, 7) is 26.3. The summed E-state index contributed by atoms with van der Waals surface area (Å²) in [7, 11) is 0. The third-order valence-electron chi connectivity index (χ3n) is 10.0. The number of hydrogen-bond acceptors (Lipinski definition) is 2. The fourth-order valence-corrected chi connectivity index (χ4v) is 8.21. The number of allylic oxidation sites excluding steroid dienone is 4. The lowest BCUT2D eigenvalue weighted by Crippen LogP contribution is -2.41. The van der Waals surface area contributed by atoms with Crippen LogP contribution in [0, 0.1) is 40.9 Å². The van der Waals surface area contributed by atoms with Gasteiger partial charge in [-0.25, -0.2) is 0 Å². The first-order chi connectivity index (χ1) is 17.7. The highest BCUT2D eigenvalue weighted by Crippen LogP contribution is 2.42. The maximum atomic E-state index is 2.67. The van der Waals surface area contributed by atoms with Crippen molar-refractivity contribution in [3.05, 3.63) is 59.5 Å². The van der Waals surface area contributed by atoms with Gasteiger partial charge in [-0.2, -0.15) is 0 Å². The molecule has 0 fully saturated rings. The molecule has 0 amide bonds. The molecule has 0 bridgehead atoms. The predicted octanol–water partition coefficient (Wildman–Crippen LogP) is 9.39. The second-order valence-electron chi connectivity index (χ2n) is 15.5. The Bertz CT molecular complexity index is 983. The molecule has 0 radical (unpaired) electrons. The van der Waals surface area contributed by atoms with E-state index >= 15 is 0 Å². The molecule has 2 aliphatic carbocycles. The highest BCUT2D eigenvalue weighted by Gasteiger charge is 2.35. The molecule has 7 unspecified atom stereocenters. The van der Waals surface area contributed by atoms with E-state index in [0.29, 0.717) is 29.2 Å². The van der Waals surface area contributed by atoms with Crippen LogP contribution in [0.5, 0.6) is 0 Å². The van der Waals surface area contributed by atoms with E-state index < -0.39 is 0 Å². The Morgan fingerprint density at radius 3 is 2.21 bits per heavy atom. The van der Waals surface area contributed by atoms with Gasteiger partial charge in [0.1, 0.15) is 0 Å². The monoisotopic (exact) mass is 518 g/mol. The molecule has 0 aromatic heterocycles. The Kier molecular flexibility index (Phi) is 8.80. The van der Waals surface area contributed by atoms with Gasteiger partial charge in [0.2, 0.25) is 0 Å². The Morgan fingerprint density at radius 2 is 1.55 bits per heavy atom. The maximum absolute atomic E-state index is 2.67. The Hall–Kier alpha value is -1.70. The molecule has 0 N–H and O–H groups in total. The number of rotatable bonds is 8. The lowest BCUT2D eigenvalue weighted by Gasteiger charge is -2.40. The van der Waals surface area contributed by atoms with Gasteiger partial charge < -0.3 is 9.80 Å². The smallest absolute Gasteiger partial charge is 0.0557 e. The van der Waals surface area contributed by atoms with Crippen molar-refractivity contribution in [2.24, 2.45) is 40.9 Å². The fourth-order valence-electron chi connectivity index (χ4n) is 8.21. The van der Waals surface area contributed by atoms with E-state index in [9.17, 15) is 0 Å². The molecular formula is C36H58N2. The zero-order valence-electron chi connectivity index (χ0n) is 26.4. The molecule has 2 aliphatic heterocycles. The molecule has 212 valence electrons. The highest BCUT2D eigenvalue weighted by molar-refractivity contribution is 5.32. The van der Waals surface area contributed by atoms with Crippen molar-refractivity contribution in [2.45, 2.75) is 113 Å². The first-order valence-electron chi connectivity index (χ1n) is 15.7. The van der Waals surface area contributed by atoms with Crippen LogP contribution in [0.3, 0.4) is 0 Å². The molecule has 0 saturated heterocycles. The largest absolute Gasteiger partial charge is 0.372 e. The molecule has 0 saturated carbocycles. The lowest BCUT2D eigenvalue weighted by atomic mass is 9.70. The van der Waals surface area contributed by atoms with Crippen molar-refractivity contribution in [1.82, 2.24) is 9.80 Å². The predicted molar refractivity (Wildman–Crippen MR) is 166 cm³/mol.